The van der Waals surface area contributed by atoms with Crippen LogP contribution in [0.2, 0.25) is 0 Å². The SMILES string of the molecule is C/C=C\C(=C/CC)c1ccccc1NC(=O)O[C@@H]1CC(C(=O)N[C@]2(C(=O)NCCS(=O)(=O)C3CC3)CC2CC)N(C(=O)[C@@H](NC(=O)OC(C)(C)C)C(C)(C)C)C1. The number of hydrogen-bond acceptors (Lipinski definition) is 9. The van der Waals surface area contributed by atoms with Gasteiger partial charge in [0.15, 0.2) is 9.84 Å². The number of alkyl carbamates (subject to hydrolysis) is 1. The molecule has 1 saturated heterocycles. The zero-order valence-corrected chi connectivity index (χ0v) is 35.1. The van der Waals surface area contributed by atoms with Gasteiger partial charge in [-0.3, -0.25) is 19.7 Å². The van der Waals surface area contributed by atoms with Gasteiger partial charge >= 0.3 is 12.2 Å². The molecule has 56 heavy (non-hydrogen) atoms. The fourth-order valence-electron chi connectivity index (χ4n) is 7.09. The molecule has 1 aromatic rings. The van der Waals surface area contributed by atoms with Crippen molar-refractivity contribution in [3.63, 3.8) is 0 Å². The van der Waals surface area contributed by atoms with Crippen LogP contribution in [-0.2, 0) is 33.7 Å². The molecule has 1 aliphatic heterocycles. The maximum Gasteiger partial charge on any atom is 0.411 e. The Kier molecular flexibility index (Phi) is 14.1. The molecule has 14 nitrogen and oxygen atoms in total. The van der Waals surface area contributed by atoms with E-state index in [4.69, 9.17) is 9.47 Å². The Balaban J connectivity index is 1.58. The van der Waals surface area contributed by atoms with Gasteiger partial charge < -0.3 is 30.3 Å². The summed E-state index contributed by atoms with van der Waals surface area (Å²) < 4.78 is 36.2. The van der Waals surface area contributed by atoms with Crippen LogP contribution in [0, 0.1) is 11.3 Å². The first kappa shape index (κ1) is 44.3. The predicted octanol–water partition coefficient (Wildman–Crippen LogP) is 5.49. The molecule has 1 aromatic carbocycles. The first-order valence-electron chi connectivity index (χ1n) is 19.7. The fourth-order valence-corrected chi connectivity index (χ4v) is 8.66. The van der Waals surface area contributed by atoms with Crippen molar-refractivity contribution in [2.45, 2.75) is 135 Å². The smallest absolute Gasteiger partial charge is 0.411 e. The zero-order valence-electron chi connectivity index (χ0n) is 34.3. The molecule has 5 atom stereocenters. The highest BCUT2D eigenvalue weighted by Crippen LogP contribution is 2.46. The monoisotopic (exact) mass is 799 g/mol. The average Bonchev–Trinajstić information content (AvgIpc) is 4.03. The summed E-state index contributed by atoms with van der Waals surface area (Å²) in [7, 11) is -3.31. The van der Waals surface area contributed by atoms with Gasteiger partial charge in [0.2, 0.25) is 17.7 Å². The van der Waals surface area contributed by atoms with Gasteiger partial charge in [0.1, 0.15) is 29.3 Å². The van der Waals surface area contributed by atoms with Crippen LogP contribution < -0.4 is 21.3 Å². The number of anilines is 1. The Morgan fingerprint density at radius 3 is 2.27 bits per heavy atom. The summed E-state index contributed by atoms with van der Waals surface area (Å²) in [6.07, 6.45) is 6.24. The van der Waals surface area contributed by atoms with E-state index in [-0.39, 0.29) is 36.4 Å². The lowest BCUT2D eigenvalue weighted by molar-refractivity contribution is -0.143. The van der Waals surface area contributed by atoms with E-state index in [1.54, 1.807) is 53.7 Å². The first-order valence-corrected chi connectivity index (χ1v) is 21.4. The molecule has 5 amide bonds. The van der Waals surface area contributed by atoms with Crippen LogP contribution in [0.3, 0.4) is 0 Å². The highest BCUT2D eigenvalue weighted by atomic mass is 32.2. The number of nitrogens with one attached hydrogen (secondary N) is 4. The molecule has 0 spiro atoms. The molecule has 2 saturated carbocycles. The van der Waals surface area contributed by atoms with E-state index in [2.05, 4.69) is 21.3 Å². The Hall–Kier alpha value is -4.40. The number of para-hydroxylation sites is 1. The highest BCUT2D eigenvalue weighted by Gasteiger charge is 2.61. The van der Waals surface area contributed by atoms with Crippen LogP contribution in [0.15, 0.2) is 42.5 Å². The molecule has 4 rings (SSSR count). The van der Waals surface area contributed by atoms with Crippen molar-refractivity contribution < 1.29 is 41.9 Å². The lowest BCUT2D eigenvalue weighted by Gasteiger charge is -2.36. The molecule has 0 radical (unpaired) electrons. The van der Waals surface area contributed by atoms with Gasteiger partial charge in [-0.1, -0.05) is 77.5 Å². The van der Waals surface area contributed by atoms with E-state index >= 15 is 0 Å². The molecule has 2 unspecified atom stereocenters. The van der Waals surface area contributed by atoms with Gasteiger partial charge in [0.25, 0.3) is 0 Å². The number of rotatable bonds is 15. The maximum absolute atomic E-state index is 14.5. The molecule has 0 aromatic heterocycles. The molecule has 0 bridgehead atoms. The lowest BCUT2D eigenvalue weighted by atomic mass is 9.85. The van der Waals surface area contributed by atoms with E-state index in [9.17, 15) is 32.4 Å². The number of ether oxygens (including phenoxy) is 2. The Morgan fingerprint density at radius 2 is 1.70 bits per heavy atom. The molecule has 3 aliphatic rings. The molecule has 1 heterocycles. The summed E-state index contributed by atoms with van der Waals surface area (Å²) in [6.45, 7) is 16.0. The van der Waals surface area contributed by atoms with Gasteiger partial charge in [0, 0.05) is 18.5 Å². The molecular formula is C41H61N5O9S. The quantitative estimate of drug-likeness (QED) is 0.166. The summed E-state index contributed by atoms with van der Waals surface area (Å²) >= 11 is 0. The standard InChI is InChI=1S/C41H61N5O9S/c1-10-15-26(16-11-2)30-17-13-14-18-31(30)43-37(50)54-28-23-32(46(25-28)35(48)33(39(4,5)6)44-38(51)55-40(7,8)9)34(47)45-41(24-27(41)12-3)36(49)42-21-22-56(52,53)29-19-20-29/h10,13-18,27-29,32-33H,11-12,19-25H2,1-9H3,(H,42,49)(H,43,50)(H,44,51)(H,45,47)/b15-10-,26-16+/t27?,28-,32?,33-,41-/m1/s1. The molecule has 310 valence electrons. The average molecular weight is 800 g/mol. The van der Waals surface area contributed by atoms with E-state index < -0.39 is 74.5 Å². The Morgan fingerprint density at radius 1 is 1.02 bits per heavy atom. The topological polar surface area (TPSA) is 189 Å². The largest absolute Gasteiger partial charge is 0.444 e. The maximum atomic E-state index is 14.5. The summed E-state index contributed by atoms with van der Waals surface area (Å²) in [5, 5.41) is 10.8. The van der Waals surface area contributed by atoms with Gasteiger partial charge in [-0.2, -0.15) is 0 Å². The first-order chi connectivity index (χ1) is 26.2. The number of likely N-dealkylation sites (tertiary alicyclic amines) is 1. The van der Waals surface area contributed by atoms with Gasteiger partial charge in [-0.15, -0.1) is 0 Å². The molecular weight excluding hydrogens is 739 g/mol. The van der Waals surface area contributed by atoms with Crippen molar-refractivity contribution in [2.24, 2.45) is 11.3 Å². The number of carbonyl (C=O) groups excluding carboxylic acids is 5. The lowest BCUT2D eigenvalue weighted by Crippen LogP contribution is -2.60. The van der Waals surface area contributed by atoms with E-state index in [0.29, 0.717) is 31.4 Å². The second-order valence-corrected chi connectivity index (χ2v) is 19.4. The number of carbonyl (C=O) groups is 5. The Bertz CT molecular complexity index is 1810. The second kappa shape index (κ2) is 17.8. The highest BCUT2D eigenvalue weighted by molar-refractivity contribution is 7.92. The molecule has 3 fully saturated rings. The van der Waals surface area contributed by atoms with Crippen molar-refractivity contribution in [2.75, 3.05) is 24.2 Å². The van der Waals surface area contributed by atoms with E-state index in [0.717, 1.165) is 17.6 Å². The van der Waals surface area contributed by atoms with Crippen molar-refractivity contribution in [1.29, 1.82) is 0 Å². The fraction of sp³-hybridized carbons (Fsp3) is 0.634. The van der Waals surface area contributed by atoms with Gasteiger partial charge in [-0.05, 0) is 76.4 Å². The minimum absolute atomic E-state index is 0.0797. The van der Waals surface area contributed by atoms with Crippen molar-refractivity contribution in [1.82, 2.24) is 20.9 Å². The van der Waals surface area contributed by atoms with Gasteiger partial charge in [-0.25, -0.2) is 18.0 Å². The second-order valence-electron chi connectivity index (χ2n) is 17.0. The number of sulfone groups is 1. The van der Waals surface area contributed by atoms with Crippen LogP contribution in [0.4, 0.5) is 15.3 Å². The van der Waals surface area contributed by atoms with Crippen molar-refractivity contribution in [3.05, 3.63) is 48.1 Å². The summed E-state index contributed by atoms with van der Waals surface area (Å²) in [5.74, 6) is -2.10. The van der Waals surface area contributed by atoms with Gasteiger partial charge in [0.05, 0.1) is 23.2 Å². The third kappa shape index (κ3) is 11.3. The number of allylic oxidation sites excluding steroid dienone is 4. The van der Waals surface area contributed by atoms with Crippen LogP contribution in [0.5, 0.6) is 0 Å². The minimum Gasteiger partial charge on any atom is -0.444 e. The number of benzene rings is 1. The van der Waals surface area contributed by atoms with Crippen LogP contribution in [-0.4, -0.2) is 96.6 Å². The van der Waals surface area contributed by atoms with E-state index in [1.807, 2.05) is 51.1 Å². The third-order valence-electron chi connectivity index (χ3n) is 10.2. The predicted molar refractivity (Wildman–Crippen MR) is 215 cm³/mol. The number of amides is 5. The third-order valence-corrected chi connectivity index (χ3v) is 12.5. The van der Waals surface area contributed by atoms with Crippen LogP contribution in [0.25, 0.3) is 5.57 Å². The van der Waals surface area contributed by atoms with Crippen molar-refractivity contribution >= 4 is 51.0 Å². The zero-order chi connectivity index (χ0) is 41.6. The van der Waals surface area contributed by atoms with Crippen molar-refractivity contribution in [3.8, 4) is 0 Å². The normalized spacial score (nSPS) is 23.3. The van der Waals surface area contributed by atoms with E-state index in [1.165, 1.54) is 4.90 Å². The minimum atomic E-state index is -3.31. The summed E-state index contributed by atoms with van der Waals surface area (Å²) in [4.78, 5) is 70.1. The summed E-state index contributed by atoms with van der Waals surface area (Å²) in [5.41, 5.74) is -0.750. The van der Waals surface area contributed by atoms with Crippen LogP contribution in [0.1, 0.15) is 106 Å². The Labute approximate surface area is 331 Å². The molecule has 15 heteroatoms. The molecule has 2 aliphatic carbocycles. The summed E-state index contributed by atoms with van der Waals surface area (Å²) in [6, 6.07) is 4.98. The number of hydrogen-bond donors (Lipinski definition) is 4. The molecule has 4 N–H and O–H groups in total. The number of nitrogens with zero attached hydrogens (tertiary/aromatic N) is 1. The van der Waals surface area contributed by atoms with Crippen LogP contribution >= 0.6 is 0 Å².